The van der Waals surface area contributed by atoms with Crippen molar-refractivity contribution in [1.29, 1.82) is 0 Å². The predicted octanol–water partition coefficient (Wildman–Crippen LogP) is 3.98. The van der Waals surface area contributed by atoms with Crippen LogP contribution in [0.1, 0.15) is 41.6 Å². The van der Waals surface area contributed by atoms with Crippen LogP contribution in [0.25, 0.3) is 0 Å². The zero-order valence-corrected chi connectivity index (χ0v) is 17.7. The van der Waals surface area contributed by atoms with Crippen LogP contribution in [0.2, 0.25) is 0 Å². The maximum Gasteiger partial charge on any atom is 0.269 e. The summed E-state index contributed by atoms with van der Waals surface area (Å²) in [5.74, 6) is 0.0543. The number of nitrogens with zero attached hydrogens (tertiary/aromatic N) is 4. The van der Waals surface area contributed by atoms with Crippen LogP contribution in [0.5, 0.6) is 0 Å². The Hall–Kier alpha value is -2.45. The standard InChI is InChI=1S/C22H26N4O3S/c27-22(20-9-4-10-23-21(20)30-19-7-1-2-8-19)25-13-11-24(12-14-25)16-17-5-3-6-18(15-17)26(28)29/h3-6,9-10,15,19H,1-2,7-8,11-14,16H2. The SMILES string of the molecule is O=C(c1cccnc1SC1CCCC1)N1CCN(Cc2cccc([N+](=O)[O-])c2)CC1. The number of pyridine rings is 1. The Morgan fingerprint density at radius 1 is 1.13 bits per heavy atom. The molecule has 1 amide bonds. The van der Waals surface area contributed by atoms with Gasteiger partial charge in [-0.05, 0) is 30.5 Å². The summed E-state index contributed by atoms with van der Waals surface area (Å²) in [4.78, 5) is 32.4. The van der Waals surface area contributed by atoms with Gasteiger partial charge in [-0.2, -0.15) is 0 Å². The Labute approximate surface area is 180 Å². The Bertz CT molecular complexity index is 909. The third-order valence-electron chi connectivity index (χ3n) is 5.77. The Morgan fingerprint density at radius 2 is 1.90 bits per heavy atom. The van der Waals surface area contributed by atoms with Gasteiger partial charge in [0.05, 0.1) is 10.5 Å². The van der Waals surface area contributed by atoms with Gasteiger partial charge in [0.25, 0.3) is 11.6 Å². The van der Waals surface area contributed by atoms with E-state index in [1.165, 1.54) is 31.7 Å². The van der Waals surface area contributed by atoms with E-state index in [-0.39, 0.29) is 16.5 Å². The molecule has 2 aliphatic rings. The molecule has 7 nitrogen and oxygen atoms in total. The van der Waals surface area contributed by atoms with Crippen LogP contribution in [0.4, 0.5) is 5.69 Å². The molecule has 1 aliphatic carbocycles. The molecule has 2 fully saturated rings. The van der Waals surface area contributed by atoms with Crippen molar-refractivity contribution in [3.05, 3.63) is 63.8 Å². The minimum absolute atomic E-state index is 0.0543. The molecule has 0 radical (unpaired) electrons. The minimum Gasteiger partial charge on any atom is -0.336 e. The van der Waals surface area contributed by atoms with Crippen LogP contribution >= 0.6 is 11.8 Å². The normalized spacial score (nSPS) is 17.9. The van der Waals surface area contributed by atoms with E-state index in [0.29, 0.717) is 30.4 Å². The topological polar surface area (TPSA) is 79.6 Å². The van der Waals surface area contributed by atoms with Crippen LogP contribution in [-0.2, 0) is 6.54 Å². The fraction of sp³-hybridized carbons (Fsp3) is 0.455. The van der Waals surface area contributed by atoms with Crippen molar-refractivity contribution in [2.24, 2.45) is 0 Å². The molecule has 1 aromatic heterocycles. The maximum absolute atomic E-state index is 13.2. The fourth-order valence-corrected chi connectivity index (χ4v) is 5.41. The van der Waals surface area contributed by atoms with Crippen LogP contribution < -0.4 is 0 Å². The molecule has 0 unspecified atom stereocenters. The first-order valence-corrected chi connectivity index (χ1v) is 11.3. The lowest BCUT2D eigenvalue weighted by Gasteiger charge is -2.35. The molecule has 1 saturated carbocycles. The van der Waals surface area contributed by atoms with Gasteiger partial charge in [0.2, 0.25) is 0 Å². The zero-order chi connectivity index (χ0) is 20.9. The molecule has 1 aliphatic heterocycles. The summed E-state index contributed by atoms with van der Waals surface area (Å²) in [6.45, 7) is 3.45. The van der Waals surface area contributed by atoms with Crippen molar-refractivity contribution in [3.8, 4) is 0 Å². The Kier molecular flexibility index (Phi) is 6.64. The highest BCUT2D eigenvalue weighted by Gasteiger charge is 2.26. The molecule has 2 aromatic rings. The molecule has 30 heavy (non-hydrogen) atoms. The highest BCUT2D eigenvalue weighted by atomic mass is 32.2. The van der Waals surface area contributed by atoms with Gasteiger partial charge in [0.1, 0.15) is 5.03 Å². The summed E-state index contributed by atoms with van der Waals surface area (Å²) in [5, 5.41) is 12.4. The van der Waals surface area contributed by atoms with E-state index in [1.54, 1.807) is 30.1 Å². The molecule has 0 spiro atoms. The van der Waals surface area contributed by atoms with E-state index < -0.39 is 0 Å². The Morgan fingerprint density at radius 3 is 2.63 bits per heavy atom. The maximum atomic E-state index is 13.2. The van der Waals surface area contributed by atoms with Gasteiger partial charge in [-0.1, -0.05) is 25.0 Å². The van der Waals surface area contributed by atoms with E-state index in [2.05, 4.69) is 9.88 Å². The number of thioether (sulfide) groups is 1. The van der Waals surface area contributed by atoms with Crippen LogP contribution in [-0.4, -0.2) is 57.0 Å². The lowest BCUT2D eigenvalue weighted by Crippen LogP contribution is -2.48. The van der Waals surface area contributed by atoms with Crippen molar-refractivity contribution < 1.29 is 9.72 Å². The average molecular weight is 427 g/mol. The lowest BCUT2D eigenvalue weighted by atomic mass is 10.1. The monoisotopic (exact) mass is 426 g/mol. The quantitative estimate of drug-likeness (QED) is 0.513. The summed E-state index contributed by atoms with van der Waals surface area (Å²) in [6, 6.07) is 10.5. The minimum atomic E-state index is -0.366. The number of nitro groups is 1. The third kappa shape index (κ3) is 4.99. The first kappa shape index (κ1) is 20.8. The van der Waals surface area contributed by atoms with Crippen LogP contribution in [0.3, 0.4) is 0 Å². The molecule has 0 bridgehead atoms. The Balaban J connectivity index is 1.36. The van der Waals surface area contributed by atoms with Crippen molar-refractivity contribution in [1.82, 2.24) is 14.8 Å². The molecule has 1 saturated heterocycles. The van der Waals surface area contributed by atoms with E-state index in [1.807, 2.05) is 23.1 Å². The first-order valence-electron chi connectivity index (χ1n) is 10.5. The van der Waals surface area contributed by atoms with Crippen molar-refractivity contribution >= 4 is 23.4 Å². The molecule has 2 heterocycles. The molecule has 0 N–H and O–H groups in total. The number of hydrogen-bond donors (Lipinski definition) is 0. The van der Waals surface area contributed by atoms with E-state index >= 15 is 0 Å². The second-order valence-electron chi connectivity index (χ2n) is 7.88. The third-order valence-corrected chi connectivity index (χ3v) is 7.12. The van der Waals surface area contributed by atoms with Crippen LogP contribution in [0, 0.1) is 10.1 Å². The van der Waals surface area contributed by atoms with E-state index in [0.717, 1.165) is 23.7 Å². The molecule has 158 valence electrons. The molecule has 0 atom stereocenters. The number of benzene rings is 1. The number of carbonyl (C=O) groups is 1. The van der Waals surface area contributed by atoms with Crippen molar-refractivity contribution in [3.63, 3.8) is 0 Å². The van der Waals surface area contributed by atoms with Gasteiger partial charge in [-0.15, -0.1) is 11.8 Å². The summed E-state index contributed by atoms with van der Waals surface area (Å²) >= 11 is 1.75. The molecule has 4 rings (SSSR count). The van der Waals surface area contributed by atoms with Gasteiger partial charge in [-0.25, -0.2) is 4.98 Å². The summed E-state index contributed by atoms with van der Waals surface area (Å²) in [5.41, 5.74) is 1.75. The number of aromatic nitrogens is 1. The average Bonchev–Trinajstić information content (AvgIpc) is 3.27. The van der Waals surface area contributed by atoms with Crippen LogP contribution in [0.15, 0.2) is 47.6 Å². The van der Waals surface area contributed by atoms with E-state index in [9.17, 15) is 14.9 Å². The first-order chi connectivity index (χ1) is 14.6. The summed E-state index contributed by atoms with van der Waals surface area (Å²) in [7, 11) is 0. The largest absolute Gasteiger partial charge is 0.336 e. The van der Waals surface area contributed by atoms with Crippen molar-refractivity contribution in [2.45, 2.75) is 42.5 Å². The highest BCUT2D eigenvalue weighted by molar-refractivity contribution is 7.99. The number of nitro benzene ring substituents is 1. The van der Waals surface area contributed by atoms with Gasteiger partial charge in [0.15, 0.2) is 0 Å². The van der Waals surface area contributed by atoms with Gasteiger partial charge in [0, 0.05) is 56.3 Å². The second kappa shape index (κ2) is 9.57. The lowest BCUT2D eigenvalue weighted by molar-refractivity contribution is -0.384. The number of non-ortho nitro benzene ring substituents is 1. The highest BCUT2D eigenvalue weighted by Crippen LogP contribution is 2.35. The van der Waals surface area contributed by atoms with Gasteiger partial charge in [-0.3, -0.25) is 19.8 Å². The van der Waals surface area contributed by atoms with Gasteiger partial charge < -0.3 is 4.90 Å². The van der Waals surface area contributed by atoms with Crippen molar-refractivity contribution in [2.75, 3.05) is 26.2 Å². The zero-order valence-electron chi connectivity index (χ0n) is 16.9. The fourth-order valence-electron chi connectivity index (χ4n) is 4.12. The molecular weight excluding hydrogens is 400 g/mol. The summed E-state index contributed by atoms with van der Waals surface area (Å²) in [6.07, 6.45) is 6.70. The number of carbonyl (C=O) groups excluding carboxylic acids is 1. The number of amides is 1. The molecule has 8 heteroatoms. The number of piperazine rings is 1. The number of hydrogen-bond acceptors (Lipinski definition) is 6. The predicted molar refractivity (Wildman–Crippen MR) is 117 cm³/mol. The second-order valence-corrected chi connectivity index (χ2v) is 9.16. The smallest absolute Gasteiger partial charge is 0.269 e. The molecular formula is C22H26N4O3S. The van der Waals surface area contributed by atoms with Gasteiger partial charge >= 0.3 is 0 Å². The van der Waals surface area contributed by atoms with E-state index in [4.69, 9.17) is 0 Å². The molecule has 1 aromatic carbocycles. The summed E-state index contributed by atoms with van der Waals surface area (Å²) < 4.78 is 0. The number of rotatable bonds is 6.